The van der Waals surface area contributed by atoms with Crippen LogP contribution in [-0.4, -0.2) is 30.9 Å². The predicted molar refractivity (Wildman–Crippen MR) is 163 cm³/mol. The molecule has 0 unspecified atom stereocenters. The first-order chi connectivity index (χ1) is 21.9. The summed E-state index contributed by atoms with van der Waals surface area (Å²) in [5.41, 5.74) is 1.05. The van der Waals surface area contributed by atoms with Crippen LogP contribution in [0.15, 0.2) is 115 Å². The summed E-state index contributed by atoms with van der Waals surface area (Å²) in [6.07, 6.45) is 0. The third-order valence-corrected chi connectivity index (χ3v) is 7.17. The van der Waals surface area contributed by atoms with Gasteiger partial charge in [0.15, 0.2) is 5.75 Å². The summed E-state index contributed by atoms with van der Waals surface area (Å²) in [4.78, 5) is 0.597. The second-order valence-electron chi connectivity index (χ2n) is 8.83. The highest BCUT2D eigenvalue weighted by Gasteiger charge is 2.17. The lowest BCUT2D eigenvalue weighted by Crippen LogP contribution is -1.90. The molecule has 230 valence electrons. The molecule has 0 saturated heterocycles. The Labute approximate surface area is 261 Å². The fourth-order valence-corrected chi connectivity index (χ4v) is 4.82. The van der Waals surface area contributed by atoms with Gasteiger partial charge >= 0.3 is 0 Å². The zero-order valence-electron chi connectivity index (χ0n) is 22.5. The molecule has 0 spiro atoms. The molecule has 5 rings (SSSR count). The van der Waals surface area contributed by atoms with Crippen molar-refractivity contribution in [1.29, 1.82) is 0 Å². The van der Waals surface area contributed by atoms with Gasteiger partial charge in [-0.1, -0.05) is 34.3 Å². The van der Waals surface area contributed by atoms with E-state index >= 15 is 0 Å². The van der Waals surface area contributed by atoms with Crippen molar-refractivity contribution in [2.24, 2.45) is 20.5 Å². The normalized spacial score (nSPS) is 11.6. The molecule has 0 atom stereocenters. The van der Waals surface area contributed by atoms with Gasteiger partial charge in [-0.05, 0) is 53.9 Å². The van der Waals surface area contributed by atoms with Gasteiger partial charge < -0.3 is 25.7 Å². The second-order valence-corrected chi connectivity index (χ2v) is 10.3. The molecule has 7 N–H and O–H groups in total. The molecule has 0 bridgehead atoms. The van der Waals surface area contributed by atoms with E-state index in [0.29, 0.717) is 45.4 Å². The highest BCUT2D eigenvalue weighted by molar-refractivity contribution is 7.94. The second kappa shape index (κ2) is 14.7. The first-order valence-corrected chi connectivity index (χ1v) is 14.0. The molecule has 45 heavy (non-hydrogen) atoms. The quantitative estimate of drug-likeness (QED) is 0.0220. The molecule has 0 amide bonds. The standard InChI is InChI=1S/C28H21N5O10S2/c34-23-9-8-18(44-42-40-38)12-20(23)30-31-21-13-25(36)22(14-24(21)35)32-33-27-26(45-43-41-39)10-15-6-7-17(11-19(15)28(27)37)29-16-4-2-1-3-5-16/h1-14,29,34-39H. The third kappa shape index (κ3) is 7.76. The van der Waals surface area contributed by atoms with Crippen LogP contribution in [0.25, 0.3) is 10.8 Å². The Hall–Kier alpha value is -4.98. The molecule has 17 heteroatoms. The van der Waals surface area contributed by atoms with E-state index < -0.39 is 11.5 Å². The number of benzene rings is 5. The number of nitrogens with one attached hydrogen (secondary N) is 1. The zero-order valence-corrected chi connectivity index (χ0v) is 24.1. The monoisotopic (exact) mass is 651 g/mol. The number of hydrogen-bond acceptors (Lipinski definition) is 17. The zero-order chi connectivity index (χ0) is 31.8. The SMILES string of the molecule is OOOSc1ccc(O)c(N=Nc2cc(O)c(N=Nc3c(SOOO)cc4ccc(Nc5ccccc5)cc4c3O)cc2O)c1. The van der Waals surface area contributed by atoms with Crippen LogP contribution in [0.2, 0.25) is 0 Å². The molecule has 15 nitrogen and oxygen atoms in total. The number of fused-ring (bicyclic) bond motifs is 1. The Morgan fingerprint density at radius 2 is 1.22 bits per heavy atom. The summed E-state index contributed by atoms with van der Waals surface area (Å²) in [5.74, 6) is -1.43. The van der Waals surface area contributed by atoms with Gasteiger partial charge in [-0.25, -0.2) is 10.5 Å². The molecule has 5 aromatic rings. The van der Waals surface area contributed by atoms with E-state index in [1.807, 2.05) is 36.4 Å². The van der Waals surface area contributed by atoms with Gasteiger partial charge in [0.2, 0.25) is 0 Å². The van der Waals surface area contributed by atoms with Crippen molar-refractivity contribution in [3.05, 3.63) is 84.9 Å². The van der Waals surface area contributed by atoms with Gasteiger partial charge in [0.25, 0.3) is 0 Å². The van der Waals surface area contributed by atoms with Crippen LogP contribution in [-0.2, 0) is 18.7 Å². The fourth-order valence-electron chi connectivity index (χ4n) is 3.94. The molecule has 0 saturated carbocycles. The van der Waals surface area contributed by atoms with Crippen molar-refractivity contribution in [2.45, 2.75) is 9.79 Å². The summed E-state index contributed by atoms with van der Waals surface area (Å²) in [5, 5.41) is 86.6. The van der Waals surface area contributed by atoms with Crippen molar-refractivity contribution in [1.82, 2.24) is 0 Å². The number of azo groups is 2. The highest BCUT2D eigenvalue weighted by Crippen LogP contribution is 2.46. The predicted octanol–water partition coefficient (Wildman–Crippen LogP) is 9.09. The minimum Gasteiger partial charge on any atom is -0.506 e. The summed E-state index contributed by atoms with van der Waals surface area (Å²) in [7, 11) is 0. The smallest absolute Gasteiger partial charge is 0.152 e. The van der Waals surface area contributed by atoms with Gasteiger partial charge in [-0.2, -0.15) is 0 Å². The van der Waals surface area contributed by atoms with E-state index in [0.717, 1.165) is 17.8 Å². The number of aromatic hydroxyl groups is 4. The third-order valence-electron chi connectivity index (χ3n) is 5.97. The van der Waals surface area contributed by atoms with Crippen LogP contribution in [0.1, 0.15) is 0 Å². The first kappa shape index (κ1) is 31.4. The average Bonchev–Trinajstić information content (AvgIpc) is 3.04. The van der Waals surface area contributed by atoms with E-state index in [4.69, 9.17) is 10.5 Å². The minimum atomic E-state index is -0.453. The number of anilines is 2. The van der Waals surface area contributed by atoms with E-state index in [2.05, 4.69) is 44.5 Å². The van der Waals surface area contributed by atoms with Crippen LogP contribution in [0.3, 0.4) is 0 Å². The Balaban J connectivity index is 1.45. The van der Waals surface area contributed by atoms with Crippen molar-refractivity contribution >= 4 is 69.0 Å². The maximum Gasteiger partial charge on any atom is 0.152 e. The van der Waals surface area contributed by atoms with Gasteiger partial charge in [0.1, 0.15) is 40.0 Å². The van der Waals surface area contributed by atoms with Crippen LogP contribution >= 0.6 is 24.1 Å². The number of nitrogens with zero attached hydrogens (tertiary/aromatic N) is 4. The number of rotatable bonds is 12. The first-order valence-electron chi connectivity index (χ1n) is 12.5. The summed E-state index contributed by atoms with van der Waals surface area (Å²) in [6, 6.07) is 22.6. The number of para-hydroxylation sites is 1. The summed E-state index contributed by atoms with van der Waals surface area (Å²) >= 11 is 1.19. The van der Waals surface area contributed by atoms with Crippen molar-refractivity contribution in [2.75, 3.05) is 5.32 Å². The van der Waals surface area contributed by atoms with Crippen LogP contribution < -0.4 is 5.32 Å². The number of hydrogen-bond donors (Lipinski definition) is 7. The van der Waals surface area contributed by atoms with E-state index in [1.165, 1.54) is 18.2 Å². The highest BCUT2D eigenvalue weighted by atomic mass is 32.2. The minimum absolute atomic E-state index is 0.0165. The molecule has 5 aromatic carbocycles. The topological polar surface area (TPSA) is 220 Å². The number of phenolic OH excluding ortho intramolecular Hbond substituents is 4. The Morgan fingerprint density at radius 3 is 1.91 bits per heavy atom. The van der Waals surface area contributed by atoms with Gasteiger partial charge in [-0.3, -0.25) is 0 Å². The van der Waals surface area contributed by atoms with Crippen LogP contribution in [0.5, 0.6) is 23.0 Å². The van der Waals surface area contributed by atoms with E-state index in [9.17, 15) is 20.4 Å². The fraction of sp³-hybridized carbons (Fsp3) is 0. The Morgan fingerprint density at radius 1 is 0.578 bits per heavy atom. The van der Waals surface area contributed by atoms with Crippen molar-refractivity contribution in [3.8, 4) is 23.0 Å². The van der Waals surface area contributed by atoms with Crippen molar-refractivity contribution in [3.63, 3.8) is 0 Å². The lowest BCUT2D eigenvalue weighted by Gasteiger charge is -2.12. The van der Waals surface area contributed by atoms with E-state index in [1.54, 1.807) is 18.2 Å². The summed E-state index contributed by atoms with van der Waals surface area (Å²) in [6.45, 7) is 0. The maximum absolute atomic E-state index is 11.2. The molecule has 0 aliphatic carbocycles. The lowest BCUT2D eigenvalue weighted by molar-refractivity contribution is -0.432. The van der Waals surface area contributed by atoms with Crippen LogP contribution in [0, 0.1) is 0 Å². The van der Waals surface area contributed by atoms with Crippen molar-refractivity contribution < 1.29 is 49.7 Å². The molecular weight excluding hydrogens is 630 g/mol. The molecule has 0 radical (unpaired) electrons. The molecule has 0 aliphatic rings. The van der Waals surface area contributed by atoms with Gasteiger partial charge in [0, 0.05) is 33.8 Å². The van der Waals surface area contributed by atoms with Gasteiger partial charge in [-0.15, -0.1) is 29.1 Å². The average molecular weight is 652 g/mol. The molecule has 0 aliphatic heterocycles. The van der Waals surface area contributed by atoms with Crippen LogP contribution in [0.4, 0.5) is 34.1 Å². The summed E-state index contributed by atoms with van der Waals surface area (Å²) < 4.78 is 8.91. The maximum atomic E-state index is 11.2. The molecule has 0 heterocycles. The molecule has 0 aromatic heterocycles. The Bertz CT molecular complexity index is 1880. The lowest BCUT2D eigenvalue weighted by atomic mass is 10.1. The molecular formula is C28H21N5O10S2. The molecule has 0 fully saturated rings. The van der Waals surface area contributed by atoms with Gasteiger partial charge in [0.05, 0.1) is 29.0 Å². The largest absolute Gasteiger partial charge is 0.506 e. The van der Waals surface area contributed by atoms with E-state index in [-0.39, 0.29) is 39.1 Å². The number of phenols is 4. The Kier molecular flexibility index (Phi) is 10.2.